The molecule has 4 aromatic rings. The minimum Gasteiger partial charge on any atom is -0.385 e. The Bertz CT molecular complexity index is 2360. The summed E-state index contributed by atoms with van der Waals surface area (Å²) in [5, 5.41) is 0. The van der Waals surface area contributed by atoms with Gasteiger partial charge in [-0.15, -0.1) is 0 Å². The van der Waals surface area contributed by atoms with E-state index in [1.54, 1.807) is 6.92 Å². The number of fused-ring (bicyclic) bond motifs is 4. The molecular formula is C48H51N7O3. The van der Waals surface area contributed by atoms with Gasteiger partial charge in [-0.3, -0.25) is 19.4 Å². The number of amides is 3. The highest BCUT2D eigenvalue weighted by Gasteiger charge is 2.54. The van der Waals surface area contributed by atoms with Crippen LogP contribution in [0.5, 0.6) is 0 Å². The van der Waals surface area contributed by atoms with Crippen LogP contribution in [0.4, 0.5) is 11.4 Å². The summed E-state index contributed by atoms with van der Waals surface area (Å²) in [4.78, 5) is 54.9. The van der Waals surface area contributed by atoms with E-state index >= 15 is 0 Å². The summed E-state index contributed by atoms with van der Waals surface area (Å²) in [5.74, 6) is 2.00. The number of hydrogen-bond donors (Lipinski definition) is 1. The number of benzene rings is 4. The predicted molar refractivity (Wildman–Crippen MR) is 231 cm³/mol. The number of carbonyl (C=O) groups excluding carboxylic acids is 3. The summed E-state index contributed by atoms with van der Waals surface area (Å²) < 4.78 is 0. The molecule has 296 valence electrons. The van der Waals surface area contributed by atoms with E-state index < -0.39 is 5.54 Å². The topological polar surface area (TPSA) is 115 Å². The zero-order valence-electron chi connectivity index (χ0n) is 33.5. The highest BCUT2D eigenvalue weighted by Crippen LogP contribution is 2.46. The molecule has 0 atom stereocenters. The van der Waals surface area contributed by atoms with Gasteiger partial charge in [0.05, 0.1) is 17.9 Å². The van der Waals surface area contributed by atoms with Crippen molar-refractivity contribution >= 4 is 46.8 Å². The second kappa shape index (κ2) is 15.4. The first-order valence-corrected chi connectivity index (χ1v) is 20.8. The Labute approximate surface area is 340 Å². The first-order valence-electron chi connectivity index (χ1n) is 20.8. The molecule has 1 spiro atoms. The number of amidine groups is 2. The van der Waals surface area contributed by atoms with Crippen LogP contribution in [0.15, 0.2) is 100 Å². The monoisotopic (exact) mass is 773 g/mol. The molecule has 10 rings (SSSR count). The van der Waals surface area contributed by atoms with Gasteiger partial charge in [0.15, 0.2) is 0 Å². The van der Waals surface area contributed by atoms with Crippen molar-refractivity contribution in [1.29, 1.82) is 0 Å². The van der Waals surface area contributed by atoms with Crippen LogP contribution in [-0.2, 0) is 11.3 Å². The second-order valence-electron chi connectivity index (χ2n) is 16.5. The van der Waals surface area contributed by atoms with Crippen molar-refractivity contribution in [3.8, 4) is 22.3 Å². The minimum atomic E-state index is -0.400. The third-order valence-corrected chi connectivity index (χ3v) is 12.6. The van der Waals surface area contributed by atoms with Gasteiger partial charge >= 0.3 is 0 Å². The molecule has 1 saturated carbocycles. The van der Waals surface area contributed by atoms with Crippen molar-refractivity contribution in [2.45, 2.75) is 70.9 Å². The predicted octanol–water partition coefficient (Wildman–Crippen LogP) is 8.09. The lowest BCUT2D eigenvalue weighted by Gasteiger charge is -2.29. The molecule has 4 aromatic carbocycles. The molecule has 0 aromatic heterocycles. The number of nitrogens with two attached hydrogens (primary N) is 1. The average molecular weight is 774 g/mol. The maximum absolute atomic E-state index is 12.6. The van der Waals surface area contributed by atoms with Gasteiger partial charge < -0.3 is 25.3 Å². The van der Waals surface area contributed by atoms with Crippen molar-refractivity contribution in [2.24, 2.45) is 15.7 Å². The standard InChI is InChI=1S/C24H26N4O2.C24H25N3O/c1-16(29)28-15-20-9-8-19(14-21(20)26-23(25)24(28)10-11-24)17-4-6-18(7-5-17)22(30)27-12-2-3-13-27;1-17-14-21-9-8-20(16-22(21)27-13-10-25-23(27)15-17)18-4-6-19(7-5-18)24(28)26-11-2-3-12-26/h4-9,14H,2-3,10-13,15H2,1H3,(H2,25,26);4-9,14,16H,2-3,10-13,15H2,1H3. The lowest BCUT2D eigenvalue weighted by Crippen LogP contribution is -2.48. The molecule has 3 fully saturated rings. The normalized spacial score (nSPS) is 18.8. The van der Waals surface area contributed by atoms with Crippen molar-refractivity contribution in [1.82, 2.24) is 14.7 Å². The molecule has 2 N–H and O–H groups in total. The summed E-state index contributed by atoms with van der Waals surface area (Å²) >= 11 is 0. The van der Waals surface area contributed by atoms with Gasteiger partial charge in [-0.1, -0.05) is 60.2 Å². The number of likely N-dealkylation sites (tertiary alicyclic amines) is 2. The summed E-state index contributed by atoms with van der Waals surface area (Å²) in [6, 6.07) is 28.6. The maximum Gasteiger partial charge on any atom is 0.253 e. The molecule has 5 heterocycles. The van der Waals surface area contributed by atoms with Crippen LogP contribution in [0, 0.1) is 0 Å². The van der Waals surface area contributed by atoms with Crippen LogP contribution < -0.4 is 10.6 Å². The highest BCUT2D eigenvalue weighted by atomic mass is 16.2. The molecule has 0 unspecified atom stereocenters. The second-order valence-corrected chi connectivity index (χ2v) is 16.5. The van der Waals surface area contributed by atoms with Crippen molar-refractivity contribution in [3.63, 3.8) is 0 Å². The van der Waals surface area contributed by atoms with E-state index in [1.807, 2.05) is 69.3 Å². The number of anilines is 1. The Balaban J connectivity index is 0.000000151. The molecule has 10 nitrogen and oxygen atoms in total. The van der Waals surface area contributed by atoms with Gasteiger partial charge in [0.25, 0.3) is 11.8 Å². The van der Waals surface area contributed by atoms with Gasteiger partial charge in [-0.25, -0.2) is 4.99 Å². The lowest BCUT2D eigenvalue weighted by molar-refractivity contribution is -0.131. The summed E-state index contributed by atoms with van der Waals surface area (Å²) in [7, 11) is 0. The Morgan fingerprint density at radius 3 is 1.81 bits per heavy atom. The number of aliphatic imine (C=N–C) groups is 2. The Kier molecular flexibility index (Phi) is 9.95. The Morgan fingerprint density at radius 2 is 1.24 bits per heavy atom. The highest BCUT2D eigenvalue weighted by molar-refractivity contribution is 6.05. The van der Waals surface area contributed by atoms with Gasteiger partial charge in [-0.2, -0.15) is 0 Å². The van der Waals surface area contributed by atoms with Crippen LogP contribution in [0.25, 0.3) is 28.3 Å². The first kappa shape index (κ1) is 37.5. The molecule has 2 saturated heterocycles. The zero-order chi connectivity index (χ0) is 40.0. The smallest absolute Gasteiger partial charge is 0.253 e. The van der Waals surface area contributed by atoms with E-state index in [9.17, 15) is 14.4 Å². The van der Waals surface area contributed by atoms with Crippen LogP contribution in [0.3, 0.4) is 0 Å². The molecule has 6 aliphatic rings. The van der Waals surface area contributed by atoms with E-state index in [1.165, 1.54) is 28.2 Å². The Hall–Kier alpha value is -6.03. The quantitative estimate of drug-likeness (QED) is 0.225. The fourth-order valence-electron chi connectivity index (χ4n) is 9.10. The summed E-state index contributed by atoms with van der Waals surface area (Å²) in [5.41, 5.74) is 17.5. The van der Waals surface area contributed by atoms with E-state index in [2.05, 4.69) is 48.2 Å². The number of hydrogen-bond acceptors (Lipinski definition) is 7. The van der Waals surface area contributed by atoms with Crippen LogP contribution in [-0.4, -0.2) is 88.9 Å². The number of nitrogens with zero attached hydrogens (tertiary/aromatic N) is 6. The molecule has 5 aliphatic heterocycles. The van der Waals surface area contributed by atoms with Gasteiger partial charge in [0.2, 0.25) is 5.91 Å². The van der Waals surface area contributed by atoms with Gasteiger partial charge in [-0.05, 0) is 115 Å². The fraction of sp³-hybridized carbons (Fsp3) is 0.354. The van der Waals surface area contributed by atoms with Crippen LogP contribution >= 0.6 is 0 Å². The van der Waals surface area contributed by atoms with Crippen molar-refractivity contribution < 1.29 is 14.4 Å². The van der Waals surface area contributed by atoms with E-state index in [4.69, 9.17) is 15.7 Å². The molecule has 0 radical (unpaired) electrons. The number of rotatable bonds is 4. The van der Waals surface area contributed by atoms with Crippen LogP contribution in [0.1, 0.15) is 90.6 Å². The third-order valence-electron chi connectivity index (χ3n) is 12.6. The fourth-order valence-corrected chi connectivity index (χ4v) is 9.10. The van der Waals surface area contributed by atoms with E-state index in [0.717, 1.165) is 123 Å². The van der Waals surface area contributed by atoms with Crippen molar-refractivity contribution in [3.05, 3.63) is 113 Å². The third kappa shape index (κ3) is 7.20. The van der Waals surface area contributed by atoms with Crippen LogP contribution in [0.2, 0.25) is 0 Å². The molecule has 0 bridgehead atoms. The lowest BCUT2D eigenvalue weighted by atomic mass is 10.00. The molecular weight excluding hydrogens is 723 g/mol. The molecule has 3 amide bonds. The maximum atomic E-state index is 12.6. The number of carbonyl (C=O) groups is 3. The average Bonchev–Trinajstić information content (AvgIpc) is 3.58. The Morgan fingerprint density at radius 1 is 0.690 bits per heavy atom. The summed E-state index contributed by atoms with van der Waals surface area (Å²) in [6.45, 7) is 9.60. The zero-order valence-corrected chi connectivity index (χ0v) is 33.5. The van der Waals surface area contributed by atoms with Gasteiger partial charge in [0.1, 0.15) is 17.2 Å². The van der Waals surface area contributed by atoms with E-state index in [-0.39, 0.29) is 17.7 Å². The first-order chi connectivity index (χ1) is 28.2. The molecule has 58 heavy (non-hydrogen) atoms. The van der Waals surface area contributed by atoms with Gasteiger partial charge in [0, 0.05) is 63.7 Å². The minimum absolute atomic E-state index is 0.0286. The van der Waals surface area contributed by atoms with E-state index in [0.29, 0.717) is 12.4 Å². The molecule has 1 aliphatic carbocycles. The SMILES string of the molecule is CC(=O)N1Cc2ccc(-c3ccc(C(=O)N4CCCC4)cc3)cc2N=C(N)C12CC2.CC1=Cc2ccc(-c3ccc(C(=O)N4CCCC4)cc3)cc2N2CCN=C2C1. The molecule has 10 heteroatoms. The summed E-state index contributed by atoms with van der Waals surface area (Å²) in [6.07, 6.45) is 9.36. The van der Waals surface area contributed by atoms with Crippen molar-refractivity contribution in [2.75, 3.05) is 44.2 Å². The largest absolute Gasteiger partial charge is 0.385 e.